The summed E-state index contributed by atoms with van der Waals surface area (Å²) in [6.45, 7) is 5.52. The van der Waals surface area contributed by atoms with Crippen LogP contribution in [0.3, 0.4) is 0 Å². The lowest BCUT2D eigenvalue weighted by atomic mass is 10.1. The van der Waals surface area contributed by atoms with Gasteiger partial charge in [-0.05, 0) is 70.4 Å². The quantitative estimate of drug-likeness (QED) is 0.569. The van der Waals surface area contributed by atoms with Gasteiger partial charge in [0.05, 0.1) is 11.1 Å². The van der Waals surface area contributed by atoms with Crippen LogP contribution in [0.15, 0.2) is 51.8 Å². The monoisotopic (exact) mass is 421 g/mol. The van der Waals surface area contributed by atoms with Gasteiger partial charge in [0.15, 0.2) is 0 Å². The number of ether oxygens (including phenoxy) is 1. The molecule has 0 aliphatic heterocycles. The van der Waals surface area contributed by atoms with Gasteiger partial charge in [0, 0.05) is 17.0 Å². The van der Waals surface area contributed by atoms with Gasteiger partial charge in [-0.15, -0.1) is 11.8 Å². The first-order valence-corrected chi connectivity index (χ1v) is 10.3. The lowest BCUT2D eigenvalue weighted by Gasteiger charge is -2.11. The van der Waals surface area contributed by atoms with Crippen LogP contribution < -0.4 is 10.1 Å². The molecule has 2 rings (SSSR count). The highest BCUT2D eigenvalue weighted by Crippen LogP contribution is 2.26. The number of halogens is 1. The average Bonchev–Trinajstić information content (AvgIpc) is 2.61. The van der Waals surface area contributed by atoms with E-state index in [0.717, 1.165) is 22.2 Å². The Morgan fingerprint density at radius 1 is 1.20 bits per heavy atom. The van der Waals surface area contributed by atoms with Crippen molar-refractivity contribution in [1.29, 1.82) is 0 Å². The van der Waals surface area contributed by atoms with Gasteiger partial charge in [0.2, 0.25) is 0 Å². The van der Waals surface area contributed by atoms with Crippen molar-refractivity contribution in [1.82, 2.24) is 5.32 Å². The summed E-state index contributed by atoms with van der Waals surface area (Å²) in [5, 5.41) is 2.95. The smallest absolute Gasteiger partial charge is 0.251 e. The van der Waals surface area contributed by atoms with E-state index in [-0.39, 0.29) is 5.91 Å². The molecule has 0 heterocycles. The molecule has 2 aromatic rings. The van der Waals surface area contributed by atoms with Gasteiger partial charge in [-0.2, -0.15) is 0 Å². The molecule has 0 atom stereocenters. The first kappa shape index (κ1) is 19.9. The van der Waals surface area contributed by atoms with Crippen molar-refractivity contribution in [2.75, 3.05) is 12.9 Å². The molecule has 1 amide bonds. The van der Waals surface area contributed by atoms with Gasteiger partial charge < -0.3 is 10.1 Å². The Morgan fingerprint density at radius 2 is 1.92 bits per heavy atom. The van der Waals surface area contributed by atoms with E-state index >= 15 is 0 Å². The Balaban J connectivity index is 1.91. The van der Waals surface area contributed by atoms with Gasteiger partial charge in [-0.25, -0.2) is 0 Å². The van der Waals surface area contributed by atoms with Crippen LogP contribution in [0.25, 0.3) is 0 Å². The standard InChI is InChI=1S/C20H24BrNO2S/c1-14(2)10-11-24-19-9-6-16(12-18(19)21)20(23)22-13-15-4-7-17(25-3)8-5-15/h4-9,12,14H,10-11,13H2,1-3H3,(H,22,23). The van der Waals surface area contributed by atoms with Gasteiger partial charge in [-0.3, -0.25) is 4.79 Å². The third-order valence-corrected chi connectivity index (χ3v) is 5.12. The normalized spacial score (nSPS) is 10.8. The SMILES string of the molecule is CSc1ccc(CNC(=O)c2ccc(OCCC(C)C)c(Br)c2)cc1. The number of amides is 1. The molecule has 5 heteroatoms. The lowest BCUT2D eigenvalue weighted by molar-refractivity contribution is 0.0951. The minimum Gasteiger partial charge on any atom is -0.492 e. The maximum Gasteiger partial charge on any atom is 0.251 e. The topological polar surface area (TPSA) is 38.3 Å². The minimum absolute atomic E-state index is 0.0941. The lowest BCUT2D eigenvalue weighted by Crippen LogP contribution is -2.22. The van der Waals surface area contributed by atoms with Crippen molar-refractivity contribution in [3.63, 3.8) is 0 Å². The second-order valence-electron chi connectivity index (χ2n) is 6.21. The largest absolute Gasteiger partial charge is 0.492 e. The molecule has 0 aromatic heterocycles. The molecule has 0 spiro atoms. The number of hydrogen-bond acceptors (Lipinski definition) is 3. The van der Waals surface area contributed by atoms with Crippen LogP contribution in [0.4, 0.5) is 0 Å². The molecular weight excluding hydrogens is 398 g/mol. The first-order valence-electron chi connectivity index (χ1n) is 8.33. The number of thioether (sulfide) groups is 1. The number of carbonyl (C=O) groups is 1. The zero-order chi connectivity index (χ0) is 18.2. The Hall–Kier alpha value is -1.46. The zero-order valence-electron chi connectivity index (χ0n) is 14.8. The highest BCUT2D eigenvalue weighted by Gasteiger charge is 2.09. The molecule has 2 aromatic carbocycles. The van der Waals surface area contributed by atoms with E-state index in [4.69, 9.17) is 4.74 Å². The fourth-order valence-electron chi connectivity index (χ4n) is 2.19. The molecule has 134 valence electrons. The van der Waals surface area contributed by atoms with Crippen LogP contribution in [0.1, 0.15) is 36.2 Å². The van der Waals surface area contributed by atoms with Crippen molar-refractivity contribution < 1.29 is 9.53 Å². The molecule has 0 aliphatic carbocycles. The molecule has 0 unspecified atom stereocenters. The van der Waals surface area contributed by atoms with Crippen molar-refractivity contribution in [2.45, 2.75) is 31.7 Å². The molecule has 3 nitrogen and oxygen atoms in total. The van der Waals surface area contributed by atoms with Crippen LogP contribution in [0.5, 0.6) is 5.75 Å². The number of rotatable bonds is 8. The Bertz CT molecular complexity index is 701. The van der Waals surface area contributed by atoms with Crippen LogP contribution in [0, 0.1) is 5.92 Å². The summed E-state index contributed by atoms with van der Waals surface area (Å²) in [5.41, 5.74) is 1.70. The molecule has 0 fully saturated rings. The van der Waals surface area contributed by atoms with Crippen molar-refractivity contribution in [2.24, 2.45) is 5.92 Å². The van der Waals surface area contributed by atoms with Gasteiger partial charge in [-0.1, -0.05) is 26.0 Å². The molecule has 0 radical (unpaired) electrons. The van der Waals surface area contributed by atoms with E-state index in [2.05, 4.69) is 47.2 Å². The summed E-state index contributed by atoms with van der Waals surface area (Å²) in [6, 6.07) is 13.6. The fraction of sp³-hybridized carbons (Fsp3) is 0.350. The van der Waals surface area contributed by atoms with Crippen molar-refractivity contribution in [3.05, 3.63) is 58.1 Å². The molecule has 0 saturated carbocycles. The predicted molar refractivity (Wildman–Crippen MR) is 108 cm³/mol. The highest BCUT2D eigenvalue weighted by atomic mass is 79.9. The summed E-state index contributed by atoms with van der Waals surface area (Å²) in [6.07, 6.45) is 3.05. The van der Waals surface area contributed by atoms with Crippen LogP contribution in [0.2, 0.25) is 0 Å². The Morgan fingerprint density at radius 3 is 2.52 bits per heavy atom. The predicted octanol–water partition coefficient (Wildman–Crippen LogP) is 5.53. The first-order chi connectivity index (χ1) is 12.0. The average molecular weight is 422 g/mol. The zero-order valence-corrected chi connectivity index (χ0v) is 17.2. The van der Waals surface area contributed by atoms with Crippen molar-refractivity contribution >= 4 is 33.6 Å². The Kier molecular flexibility index (Phi) is 7.85. The van der Waals surface area contributed by atoms with E-state index in [0.29, 0.717) is 24.6 Å². The van der Waals surface area contributed by atoms with Gasteiger partial charge in [0.1, 0.15) is 5.75 Å². The maximum absolute atomic E-state index is 12.3. The maximum atomic E-state index is 12.3. The van der Waals surface area contributed by atoms with Gasteiger partial charge in [0.25, 0.3) is 5.91 Å². The molecule has 25 heavy (non-hydrogen) atoms. The second kappa shape index (κ2) is 9.88. The van der Waals surface area contributed by atoms with E-state index in [9.17, 15) is 4.79 Å². The number of hydrogen-bond donors (Lipinski definition) is 1. The van der Waals surface area contributed by atoms with Crippen LogP contribution in [-0.4, -0.2) is 18.8 Å². The summed E-state index contributed by atoms with van der Waals surface area (Å²) < 4.78 is 6.55. The van der Waals surface area contributed by atoms with Crippen LogP contribution in [-0.2, 0) is 6.54 Å². The highest BCUT2D eigenvalue weighted by molar-refractivity contribution is 9.10. The fourth-order valence-corrected chi connectivity index (χ4v) is 3.09. The number of carbonyl (C=O) groups excluding carboxylic acids is 1. The van der Waals surface area contributed by atoms with Crippen molar-refractivity contribution in [3.8, 4) is 5.75 Å². The number of benzene rings is 2. The molecule has 0 aliphatic rings. The van der Waals surface area contributed by atoms with Gasteiger partial charge >= 0.3 is 0 Å². The van der Waals surface area contributed by atoms with E-state index in [1.165, 1.54) is 4.90 Å². The van der Waals surface area contributed by atoms with E-state index in [1.54, 1.807) is 23.9 Å². The van der Waals surface area contributed by atoms with E-state index < -0.39 is 0 Å². The summed E-state index contributed by atoms with van der Waals surface area (Å²) in [7, 11) is 0. The number of nitrogens with one attached hydrogen (secondary N) is 1. The molecule has 0 bridgehead atoms. The third kappa shape index (κ3) is 6.40. The molecular formula is C20H24BrNO2S. The summed E-state index contributed by atoms with van der Waals surface area (Å²) in [4.78, 5) is 13.5. The Labute approximate surface area is 162 Å². The second-order valence-corrected chi connectivity index (χ2v) is 7.94. The summed E-state index contributed by atoms with van der Waals surface area (Å²) >= 11 is 5.19. The van der Waals surface area contributed by atoms with E-state index in [1.807, 2.05) is 24.5 Å². The molecule has 0 saturated heterocycles. The van der Waals surface area contributed by atoms with Crippen LogP contribution >= 0.6 is 27.7 Å². The minimum atomic E-state index is -0.0941. The third-order valence-electron chi connectivity index (χ3n) is 3.76. The molecule has 1 N–H and O–H groups in total. The summed E-state index contributed by atoms with van der Waals surface area (Å²) in [5.74, 6) is 1.28.